The maximum Gasteiger partial charge on any atom is 0.391 e. The van der Waals surface area contributed by atoms with Crippen LogP contribution in [0.15, 0.2) is 0 Å². The molecular formula is C11H20F3N. The fraction of sp³-hybridized carbons (Fsp3) is 1.00. The summed E-state index contributed by atoms with van der Waals surface area (Å²) in [6.07, 6.45) is -1.91. The van der Waals surface area contributed by atoms with Gasteiger partial charge in [-0.3, -0.25) is 0 Å². The van der Waals surface area contributed by atoms with Crippen molar-refractivity contribution in [3.63, 3.8) is 0 Å². The van der Waals surface area contributed by atoms with Crippen LogP contribution in [0.5, 0.6) is 0 Å². The molecule has 15 heavy (non-hydrogen) atoms. The predicted molar refractivity (Wildman–Crippen MR) is 54.3 cm³/mol. The topological polar surface area (TPSA) is 26.0 Å². The number of halogens is 3. The van der Waals surface area contributed by atoms with Crippen molar-refractivity contribution in [2.75, 3.05) is 6.54 Å². The molecule has 0 radical (unpaired) electrons. The van der Waals surface area contributed by atoms with Crippen LogP contribution in [0.2, 0.25) is 0 Å². The zero-order valence-electron chi connectivity index (χ0n) is 9.40. The molecule has 1 rings (SSSR count). The summed E-state index contributed by atoms with van der Waals surface area (Å²) in [5, 5.41) is 0. The molecule has 0 aromatic rings. The molecule has 2 unspecified atom stereocenters. The van der Waals surface area contributed by atoms with Gasteiger partial charge in [-0.2, -0.15) is 13.2 Å². The summed E-state index contributed by atoms with van der Waals surface area (Å²) in [7, 11) is 0. The van der Waals surface area contributed by atoms with Gasteiger partial charge in [0.2, 0.25) is 0 Å². The highest BCUT2D eigenvalue weighted by Crippen LogP contribution is 2.45. The fourth-order valence-electron chi connectivity index (χ4n) is 2.36. The first-order chi connectivity index (χ1) is 6.77. The average Bonchev–Trinajstić information content (AvgIpc) is 2.17. The summed E-state index contributed by atoms with van der Waals surface area (Å²) in [5.41, 5.74) is 5.45. The van der Waals surface area contributed by atoms with Crippen LogP contribution in [0.1, 0.15) is 39.5 Å². The Labute approximate surface area is 89.2 Å². The highest BCUT2D eigenvalue weighted by Gasteiger charge is 2.44. The number of rotatable bonds is 2. The average molecular weight is 223 g/mol. The van der Waals surface area contributed by atoms with Crippen LogP contribution in [0.3, 0.4) is 0 Å². The van der Waals surface area contributed by atoms with Gasteiger partial charge in [-0.1, -0.05) is 20.3 Å². The second-order valence-corrected chi connectivity index (χ2v) is 5.29. The van der Waals surface area contributed by atoms with Crippen LogP contribution in [0.4, 0.5) is 13.2 Å². The van der Waals surface area contributed by atoms with Gasteiger partial charge in [0.05, 0.1) is 5.92 Å². The molecule has 4 heteroatoms. The van der Waals surface area contributed by atoms with Crippen molar-refractivity contribution >= 4 is 0 Å². The maximum atomic E-state index is 12.6. The zero-order valence-corrected chi connectivity index (χ0v) is 9.40. The summed E-state index contributed by atoms with van der Waals surface area (Å²) in [6, 6.07) is 0. The third kappa shape index (κ3) is 3.10. The third-order valence-electron chi connectivity index (χ3n) is 3.77. The number of hydrogen-bond donors (Lipinski definition) is 1. The summed E-state index contributed by atoms with van der Waals surface area (Å²) in [4.78, 5) is 0. The molecule has 0 amide bonds. The molecule has 1 aliphatic rings. The van der Waals surface area contributed by atoms with E-state index in [-0.39, 0.29) is 17.8 Å². The second kappa shape index (κ2) is 4.32. The van der Waals surface area contributed by atoms with E-state index in [4.69, 9.17) is 5.73 Å². The molecule has 0 saturated heterocycles. The first-order valence-electron chi connectivity index (χ1n) is 5.54. The molecule has 0 aliphatic heterocycles. The van der Waals surface area contributed by atoms with Gasteiger partial charge in [0, 0.05) is 0 Å². The lowest BCUT2D eigenvalue weighted by atomic mass is 9.68. The summed E-state index contributed by atoms with van der Waals surface area (Å²) < 4.78 is 37.7. The highest BCUT2D eigenvalue weighted by molar-refractivity contribution is 4.86. The minimum Gasteiger partial charge on any atom is -0.330 e. The molecule has 1 saturated carbocycles. The summed E-state index contributed by atoms with van der Waals surface area (Å²) in [5.74, 6) is -0.995. The number of nitrogens with two attached hydrogens (primary N) is 1. The molecule has 2 atom stereocenters. The van der Waals surface area contributed by atoms with E-state index in [2.05, 4.69) is 0 Å². The smallest absolute Gasteiger partial charge is 0.330 e. The molecule has 0 bridgehead atoms. The van der Waals surface area contributed by atoms with Crippen molar-refractivity contribution in [1.82, 2.24) is 0 Å². The molecule has 0 heterocycles. The standard InChI is InChI=1S/C11H20F3N/c1-10(2,7-15)8-4-3-5-9(6-8)11(12,13)14/h8-9H,3-7,15H2,1-2H3. The SMILES string of the molecule is CC(C)(CN)C1CCCC(C(F)(F)F)C1. The lowest BCUT2D eigenvalue weighted by Crippen LogP contribution is -2.38. The molecule has 0 spiro atoms. The Hall–Kier alpha value is -0.250. The van der Waals surface area contributed by atoms with Gasteiger partial charge in [-0.05, 0) is 37.1 Å². The minimum absolute atomic E-state index is 0.114. The lowest BCUT2D eigenvalue weighted by molar-refractivity contribution is -0.189. The van der Waals surface area contributed by atoms with Crippen molar-refractivity contribution in [3.05, 3.63) is 0 Å². The minimum atomic E-state index is -4.02. The highest BCUT2D eigenvalue weighted by atomic mass is 19.4. The van der Waals surface area contributed by atoms with E-state index in [9.17, 15) is 13.2 Å². The first kappa shape index (κ1) is 12.8. The van der Waals surface area contributed by atoms with Gasteiger partial charge < -0.3 is 5.73 Å². The van der Waals surface area contributed by atoms with Gasteiger partial charge in [-0.15, -0.1) is 0 Å². The molecule has 90 valence electrons. The zero-order chi connectivity index (χ0) is 11.7. The predicted octanol–water partition coefficient (Wildman–Crippen LogP) is 3.34. The molecule has 1 nitrogen and oxygen atoms in total. The Morgan fingerprint density at radius 3 is 2.13 bits per heavy atom. The Balaban J connectivity index is 2.64. The van der Waals surface area contributed by atoms with Gasteiger partial charge >= 0.3 is 6.18 Å². The Morgan fingerprint density at radius 1 is 1.13 bits per heavy atom. The normalized spacial score (nSPS) is 29.2. The van der Waals surface area contributed by atoms with Gasteiger partial charge in [0.15, 0.2) is 0 Å². The van der Waals surface area contributed by atoms with E-state index < -0.39 is 12.1 Å². The van der Waals surface area contributed by atoms with Gasteiger partial charge in [0.25, 0.3) is 0 Å². The Morgan fingerprint density at radius 2 is 1.67 bits per heavy atom. The molecule has 1 aliphatic carbocycles. The van der Waals surface area contributed by atoms with Crippen molar-refractivity contribution < 1.29 is 13.2 Å². The van der Waals surface area contributed by atoms with E-state index >= 15 is 0 Å². The lowest BCUT2D eigenvalue weighted by Gasteiger charge is -2.39. The third-order valence-corrected chi connectivity index (χ3v) is 3.77. The molecule has 0 aromatic heterocycles. The van der Waals surface area contributed by atoms with Gasteiger partial charge in [-0.25, -0.2) is 0 Å². The van der Waals surface area contributed by atoms with E-state index in [1.54, 1.807) is 0 Å². The van der Waals surface area contributed by atoms with E-state index in [0.717, 1.165) is 6.42 Å². The summed E-state index contributed by atoms with van der Waals surface area (Å²) in [6.45, 7) is 4.40. The monoisotopic (exact) mass is 223 g/mol. The largest absolute Gasteiger partial charge is 0.391 e. The first-order valence-corrected chi connectivity index (χ1v) is 5.54. The molecule has 2 N–H and O–H groups in total. The molecule has 0 aromatic carbocycles. The van der Waals surface area contributed by atoms with Crippen molar-refractivity contribution in [1.29, 1.82) is 0 Å². The van der Waals surface area contributed by atoms with Crippen molar-refractivity contribution in [2.45, 2.75) is 45.7 Å². The van der Waals surface area contributed by atoms with Crippen LogP contribution in [-0.4, -0.2) is 12.7 Å². The van der Waals surface area contributed by atoms with E-state index in [1.165, 1.54) is 0 Å². The van der Waals surface area contributed by atoms with Crippen molar-refractivity contribution in [2.24, 2.45) is 23.0 Å². The second-order valence-electron chi connectivity index (χ2n) is 5.29. The fourth-order valence-corrected chi connectivity index (χ4v) is 2.36. The van der Waals surface area contributed by atoms with Crippen LogP contribution < -0.4 is 5.73 Å². The van der Waals surface area contributed by atoms with Crippen LogP contribution >= 0.6 is 0 Å². The van der Waals surface area contributed by atoms with Crippen LogP contribution in [-0.2, 0) is 0 Å². The maximum absolute atomic E-state index is 12.6. The summed E-state index contributed by atoms with van der Waals surface area (Å²) >= 11 is 0. The van der Waals surface area contributed by atoms with E-state index in [1.807, 2.05) is 13.8 Å². The Kier molecular flexibility index (Phi) is 3.69. The molecule has 1 fully saturated rings. The quantitative estimate of drug-likeness (QED) is 0.763. The molecular weight excluding hydrogens is 203 g/mol. The Bertz CT molecular complexity index is 210. The van der Waals surface area contributed by atoms with Crippen molar-refractivity contribution in [3.8, 4) is 0 Å². The number of alkyl halides is 3. The number of hydrogen-bond acceptors (Lipinski definition) is 1. The van der Waals surface area contributed by atoms with Crippen LogP contribution in [0, 0.1) is 17.3 Å². The van der Waals surface area contributed by atoms with E-state index in [0.29, 0.717) is 19.4 Å². The van der Waals surface area contributed by atoms with Gasteiger partial charge in [0.1, 0.15) is 0 Å². The van der Waals surface area contributed by atoms with Crippen LogP contribution in [0.25, 0.3) is 0 Å².